The van der Waals surface area contributed by atoms with E-state index in [2.05, 4.69) is 190 Å². The molecule has 1 aliphatic rings. The highest BCUT2D eigenvalue weighted by Gasteiger charge is 2.29. The zero-order valence-electron chi connectivity index (χ0n) is 27.6. The van der Waals surface area contributed by atoms with Gasteiger partial charge in [-0.05, 0) is 71.8 Å². The van der Waals surface area contributed by atoms with Crippen molar-refractivity contribution in [3.05, 3.63) is 176 Å². The van der Waals surface area contributed by atoms with Gasteiger partial charge in [-0.1, -0.05) is 115 Å². The highest BCUT2D eigenvalue weighted by atomic mass is 15.0. The first kappa shape index (κ1) is 27.0. The summed E-state index contributed by atoms with van der Waals surface area (Å²) < 4.78 is 7.48. The Morgan fingerprint density at radius 1 is 0.275 bits per heavy atom. The van der Waals surface area contributed by atoms with Crippen LogP contribution in [0.25, 0.3) is 105 Å². The van der Waals surface area contributed by atoms with Crippen LogP contribution in [0.3, 0.4) is 0 Å². The van der Waals surface area contributed by atoms with Crippen LogP contribution in [0, 0.1) is 0 Å². The largest absolute Gasteiger partial charge is 0.309 e. The molecule has 3 heteroatoms. The Bertz CT molecular complexity index is 3230. The second-order valence-electron chi connectivity index (χ2n) is 13.7. The SMILES string of the molecule is c1ccc(-n2c3ccccc3c3cc4c(cc32)-n2c3ccccc3c3c2c(cc2c5ccccc5n(-c5ccccc5)c23)-c2ccccc2-4)cc1. The molecule has 0 saturated carbocycles. The summed E-state index contributed by atoms with van der Waals surface area (Å²) in [5.41, 5.74) is 15.9. The van der Waals surface area contributed by atoms with Crippen molar-refractivity contribution < 1.29 is 0 Å². The summed E-state index contributed by atoms with van der Waals surface area (Å²) >= 11 is 0. The number of hydrogen-bond donors (Lipinski definition) is 0. The first-order valence-corrected chi connectivity index (χ1v) is 17.6. The summed E-state index contributed by atoms with van der Waals surface area (Å²) in [6.07, 6.45) is 0. The van der Waals surface area contributed by atoms with Crippen LogP contribution in [0.15, 0.2) is 176 Å². The predicted molar refractivity (Wildman–Crippen MR) is 214 cm³/mol. The molecule has 0 radical (unpaired) electrons. The predicted octanol–water partition coefficient (Wildman–Crippen LogP) is 12.6. The Kier molecular flexibility index (Phi) is 5.23. The van der Waals surface area contributed by atoms with Crippen LogP contribution in [0.1, 0.15) is 0 Å². The zero-order valence-corrected chi connectivity index (χ0v) is 27.6. The van der Waals surface area contributed by atoms with E-state index in [9.17, 15) is 0 Å². The normalized spacial score (nSPS) is 12.3. The smallest absolute Gasteiger partial charge is 0.0641 e. The number of nitrogens with zero attached hydrogens (tertiary/aromatic N) is 3. The van der Waals surface area contributed by atoms with Gasteiger partial charge in [0.25, 0.3) is 0 Å². The van der Waals surface area contributed by atoms with Gasteiger partial charge >= 0.3 is 0 Å². The average molecular weight is 648 g/mol. The van der Waals surface area contributed by atoms with Gasteiger partial charge in [-0.2, -0.15) is 0 Å². The molecule has 4 heterocycles. The van der Waals surface area contributed by atoms with Gasteiger partial charge in [0.15, 0.2) is 0 Å². The van der Waals surface area contributed by atoms with Crippen molar-refractivity contribution in [3.63, 3.8) is 0 Å². The minimum absolute atomic E-state index is 1.16. The second-order valence-corrected chi connectivity index (χ2v) is 13.7. The average Bonchev–Trinajstić information content (AvgIpc) is 3.80. The number of hydrogen-bond acceptors (Lipinski definition) is 0. The fraction of sp³-hybridized carbons (Fsp3) is 0. The number of aromatic nitrogens is 3. The van der Waals surface area contributed by atoms with Gasteiger partial charge in [-0.25, -0.2) is 0 Å². The van der Waals surface area contributed by atoms with Crippen molar-refractivity contribution in [3.8, 4) is 39.3 Å². The van der Waals surface area contributed by atoms with E-state index < -0.39 is 0 Å². The molecule has 0 bridgehead atoms. The zero-order chi connectivity index (χ0) is 33.2. The van der Waals surface area contributed by atoms with Crippen LogP contribution in [0.4, 0.5) is 0 Å². The van der Waals surface area contributed by atoms with E-state index in [0.717, 1.165) is 5.69 Å². The Labute approximate surface area is 293 Å². The third kappa shape index (κ3) is 3.47. The molecule has 3 aromatic heterocycles. The van der Waals surface area contributed by atoms with E-state index in [0.29, 0.717) is 0 Å². The fourth-order valence-electron chi connectivity index (χ4n) is 9.12. The standard InChI is InChI=1S/C48H29N3/c1-3-15-30(16-4-1)49-41-24-12-9-21-34(41)38-27-37-32-19-7-8-20-33(32)39-28-40-35-22-10-13-25-42(35)50(31-17-5-2-6-18-31)47(40)46-36-23-11-14-26-43(36)51(48(39)46)45(37)29-44(38)49/h1-29H. The van der Waals surface area contributed by atoms with Gasteiger partial charge in [-0.15, -0.1) is 0 Å². The molecular formula is C48H29N3. The van der Waals surface area contributed by atoms with Gasteiger partial charge in [-0.3, -0.25) is 0 Å². The summed E-state index contributed by atoms with van der Waals surface area (Å²) in [5, 5.41) is 7.59. The number of fused-ring (bicyclic) bond motifs is 15. The lowest BCUT2D eigenvalue weighted by Crippen LogP contribution is -1.98. The van der Waals surface area contributed by atoms with E-state index in [1.807, 2.05) is 0 Å². The molecule has 0 fully saturated rings. The van der Waals surface area contributed by atoms with Crippen molar-refractivity contribution >= 4 is 65.4 Å². The van der Waals surface area contributed by atoms with Gasteiger partial charge in [0.2, 0.25) is 0 Å². The molecule has 11 aromatic rings. The van der Waals surface area contributed by atoms with E-state index in [1.165, 1.54) is 99.0 Å². The van der Waals surface area contributed by atoms with Crippen LogP contribution in [0.5, 0.6) is 0 Å². The minimum atomic E-state index is 1.16. The molecule has 236 valence electrons. The summed E-state index contributed by atoms with van der Waals surface area (Å²) in [4.78, 5) is 0. The molecule has 51 heavy (non-hydrogen) atoms. The Balaban J connectivity index is 1.34. The van der Waals surface area contributed by atoms with Gasteiger partial charge in [0.05, 0.1) is 38.8 Å². The third-order valence-electron chi connectivity index (χ3n) is 11.1. The van der Waals surface area contributed by atoms with Gasteiger partial charge < -0.3 is 13.7 Å². The summed E-state index contributed by atoms with van der Waals surface area (Å²) in [5.74, 6) is 0. The molecule has 0 spiro atoms. The molecule has 3 nitrogen and oxygen atoms in total. The molecule has 1 aliphatic heterocycles. The molecule has 0 saturated heterocycles. The first-order valence-electron chi connectivity index (χ1n) is 17.6. The lowest BCUT2D eigenvalue weighted by Gasteiger charge is -2.15. The molecule has 8 aromatic carbocycles. The summed E-state index contributed by atoms with van der Waals surface area (Å²) in [6, 6.07) is 64.7. The topological polar surface area (TPSA) is 14.8 Å². The van der Waals surface area contributed by atoms with E-state index >= 15 is 0 Å². The maximum atomic E-state index is 2.56. The third-order valence-corrected chi connectivity index (χ3v) is 11.1. The maximum absolute atomic E-state index is 2.56. The summed E-state index contributed by atoms with van der Waals surface area (Å²) in [7, 11) is 0. The number of benzene rings is 8. The summed E-state index contributed by atoms with van der Waals surface area (Å²) in [6.45, 7) is 0. The molecule has 0 aliphatic carbocycles. The minimum Gasteiger partial charge on any atom is -0.309 e. The van der Waals surface area contributed by atoms with Crippen molar-refractivity contribution in [1.82, 2.24) is 13.7 Å². The van der Waals surface area contributed by atoms with Gasteiger partial charge in [0, 0.05) is 54.8 Å². The molecular weight excluding hydrogens is 619 g/mol. The molecule has 12 rings (SSSR count). The van der Waals surface area contributed by atoms with Crippen LogP contribution in [0.2, 0.25) is 0 Å². The lowest BCUT2D eigenvalue weighted by molar-refractivity contribution is 1.16. The van der Waals surface area contributed by atoms with Crippen LogP contribution >= 0.6 is 0 Å². The number of rotatable bonds is 2. The number of para-hydroxylation sites is 5. The molecule has 0 unspecified atom stereocenters. The highest BCUT2D eigenvalue weighted by molar-refractivity contribution is 6.30. The second kappa shape index (κ2) is 9.87. The molecule has 0 atom stereocenters. The Morgan fingerprint density at radius 3 is 1.45 bits per heavy atom. The van der Waals surface area contributed by atoms with Crippen molar-refractivity contribution in [2.75, 3.05) is 0 Å². The van der Waals surface area contributed by atoms with Crippen LogP contribution in [-0.2, 0) is 0 Å². The van der Waals surface area contributed by atoms with E-state index in [4.69, 9.17) is 0 Å². The highest BCUT2D eigenvalue weighted by Crippen LogP contribution is 2.52. The first-order chi connectivity index (χ1) is 25.3. The van der Waals surface area contributed by atoms with Crippen LogP contribution < -0.4 is 0 Å². The fourth-order valence-corrected chi connectivity index (χ4v) is 9.12. The Hall–Kier alpha value is -6.84. The maximum Gasteiger partial charge on any atom is 0.0641 e. The quantitative estimate of drug-likeness (QED) is 0.177. The molecule has 0 N–H and O–H groups in total. The van der Waals surface area contributed by atoms with Crippen LogP contribution in [-0.4, -0.2) is 13.7 Å². The van der Waals surface area contributed by atoms with Crippen molar-refractivity contribution in [1.29, 1.82) is 0 Å². The molecule has 0 amide bonds. The van der Waals surface area contributed by atoms with Gasteiger partial charge in [0.1, 0.15) is 0 Å². The van der Waals surface area contributed by atoms with Crippen molar-refractivity contribution in [2.24, 2.45) is 0 Å². The van der Waals surface area contributed by atoms with E-state index in [-0.39, 0.29) is 0 Å². The van der Waals surface area contributed by atoms with E-state index in [1.54, 1.807) is 0 Å². The van der Waals surface area contributed by atoms with Crippen molar-refractivity contribution in [2.45, 2.75) is 0 Å². The Morgan fingerprint density at radius 2 is 0.765 bits per heavy atom. The monoisotopic (exact) mass is 647 g/mol. The lowest BCUT2D eigenvalue weighted by atomic mass is 9.91.